The lowest BCUT2D eigenvalue weighted by Gasteiger charge is -2.15. The van der Waals surface area contributed by atoms with Gasteiger partial charge in [0.05, 0.1) is 4.88 Å². The summed E-state index contributed by atoms with van der Waals surface area (Å²) in [6.07, 6.45) is 0.744. The van der Waals surface area contributed by atoms with E-state index in [9.17, 15) is 9.59 Å². The van der Waals surface area contributed by atoms with Gasteiger partial charge in [-0.3, -0.25) is 9.59 Å². The second kappa shape index (κ2) is 8.97. The largest absolute Gasteiger partial charge is 0.349 e. The number of hydrogen-bond donors (Lipinski definition) is 2. The smallest absolute Gasteiger partial charge is 0.265 e. The van der Waals surface area contributed by atoms with Crippen LogP contribution in [0.4, 0.5) is 5.69 Å². The molecular formula is C21H19BrN2O2S. The zero-order valence-corrected chi connectivity index (χ0v) is 17.1. The van der Waals surface area contributed by atoms with E-state index < -0.39 is 0 Å². The van der Waals surface area contributed by atoms with E-state index in [1.807, 2.05) is 42.6 Å². The monoisotopic (exact) mass is 442 g/mol. The van der Waals surface area contributed by atoms with Gasteiger partial charge >= 0.3 is 0 Å². The molecule has 1 aromatic heterocycles. The van der Waals surface area contributed by atoms with Crippen LogP contribution in [0.1, 0.15) is 32.5 Å². The van der Waals surface area contributed by atoms with Crippen LogP contribution in [0.25, 0.3) is 0 Å². The molecule has 0 bridgehead atoms. The molecule has 0 spiro atoms. The van der Waals surface area contributed by atoms with Crippen LogP contribution in [0.2, 0.25) is 0 Å². The summed E-state index contributed by atoms with van der Waals surface area (Å²) in [5, 5.41) is 7.68. The molecule has 2 N–H and O–H groups in total. The summed E-state index contributed by atoms with van der Waals surface area (Å²) < 4.78 is 1.03. The number of halogens is 1. The Morgan fingerprint density at radius 3 is 2.52 bits per heavy atom. The third-order valence-electron chi connectivity index (χ3n) is 3.96. The summed E-state index contributed by atoms with van der Waals surface area (Å²) in [5.41, 5.74) is 2.27. The topological polar surface area (TPSA) is 58.2 Å². The van der Waals surface area contributed by atoms with Crippen molar-refractivity contribution in [2.45, 2.75) is 19.4 Å². The molecule has 0 radical (unpaired) electrons. The van der Waals surface area contributed by atoms with Crippen molar-refractivity contribution in [2.75, 3.05) is 5.32 Å². The SMILES string of the molecule is CC(Cc1ccc(Br)cc1)NC(=O)c1cccc(NC(=O)c2cccs2)c1. The fraction of sp³-hybridized carbons (Fsp3) is 0.143. The maximum absolute atomic E-state index is 12.5. The molecule has 2 amide bonds. The molecule has 0 fully saturated rings. The number of carbonyl (C=O) groups excluding carboxylic acids is 2. The summed E-state index contributed by atoms with van der Waals surface area (Å²) >= 11 is 4.80. The first kappa shape index (κ1) is 19.3. The quantitative estimate of drug-likeness (QED) is 0.556. The van der Waals surface area contributed by atoms with E-state index in [-0.39, 0.29) is 17.9 Å². The predicted octanol–water partition coefficient (Wildman–Crippen LogP) is 5.12. The van der Waals surface area contributed by atoms with E-state index in [1.54, 1.807) is 30.3 Å². The van der Waals surface area contributed by atoms with Gasteiger partial charge in [-0.05, 0) is 60.7 Å². The van der Waals surface area contributed by atoms with E-state index in [1.165, 1.54) is 11.3 Å². The number of benzene rings is 2. The Labute approximate surface area is 170 Å². The summed E-state index contributed by atoms with van der Waals surface area (Å²) in [6.45, 7) is 1.97. The second-order valence-electron chi connectivity index (χ2n) is 6.22. The van der Waals surface area contributed by atoms with Crippen molar-refractivity contribution in [3.8, 4) is 0 Å². The maximum Gasteiger partial charge on any atom is 0.265 e. The highest BCUT2D eigenvalue weighted by Crippen LogP contribution is 2.16. The molecular weight excluding hydrogens is 424 g/mol. The van der Waals surface area contributed by atoms with Gasteiger partial charge in [-0.15, -0.1) is 11.3 Å². The van der Waals surface area contributed by atoms with Crippen molar-refractivity contribution >= 4 is 44.8 Å². The van der Waals surface area contributed by atoms with Crippen LogP contribution >= 0.6 is 27.3 Å². The summed E-state index contributed by atoms with van der Waals surface area (Å²) in [4.78, 5) is 25.3. The third-order valence-corrected chi connectivity index (χ3v) is 5.36. The molecule has 138 valence electrons. The lowest BCUT2D eigenvalue weighted by atomic mass is 10.1. The standard InChI is InChI=1S/C21H19BrN2O2S/c1-14(12-15-7-9-17(22)10-8-15)23-20(25)16-4-2-5-18(13-16)24-21(26)19-6-3-11-27-19/h2-11,13-14H,12H2,1H3,(H,23,25)(H,24,26). The number of nitrogens with one attached hydrogen (secondary N) is 2. The van der Waals surface area contributed by atoms with Gasteiger partial charge in [0.2, 0.25) is 0 Å². The van der Waals surface area contributed by atoms with Crippen molar-refractivity contribution in [1.82, 2.24) is 5.32 Å². The molecule has 2 aromatic carbocycles. The maximum atomic E-state index is 12.5. The number of carbonyl (C=O) groups is 2. The highest BCUT2D eigenvalue weighted by atomic mass is 79.9. The highest BCUT2D eigenvalue weighted by molar-refractivity contribution is 9.10. The van der Waals surface area contributed by atoms with Crippen LogP contribution in [-0.2, 0) is 6.42 Å². The van der Waals surface area contributed by atoms with Crippen LogP contribution in [0.3, 0.4) is 0 Å². The van der Waals surface area contributed by atoms with Crippen LogP contribution in [-0.4, -0.2) is 17.9 Å². The van der Waals surface area contributed by atoms with Gasteiger partial charge in [0.15, 0.2) is 0 Å². The fourth-order valence-corrected chi connectivity index (χ4v) is 3.55. The Morgan fingerprint density at radius 2 is 1.81 bits per heavy atom. The number of thiophene rings is 1. The Hall–Kier alpha value is -2.44. The summed E-state index contributed by atoms with van der Waals surface area (Å²) in [5.74, 6) is -0.335. The average molecular weight is 443 g/mol. The normalized spacial score (nSPS) is 11.6. The molecule has 27 heavy (non-hydrogen) atoms. The van der Waals surface area contributed by atoms with E-state index in [4.69, 9.17) is 0 Å². The van der Waals surface area contributed by atoms with Gasteiger partial charge < -0.3 is 10.6 Å². The van der Waals surface area contributed by atoms with E-state index in [0.717, 1.165) is 16.5 Å². The molecule has 1 unspecified atom stereocenters. The number of anilines is 1. The van der Waals surface area contributed by atoms with Crippen LogP contribution in [0.5, 0.6) is 0 Å². The summed E-state index contributed by atoms with van der Waals surface area (Å²) in [6, 6.07) is 18.6. The zero-order valence-electron chi connectivity index (χ0n) is 14.7. The minimum Gasteiger partial charge on any atom is -0.349 e. The van der Waals surface area contributed by atoms with Crippen molar-refractivity contribution in [3.63, 3.8) is 0 Å². The van der Waals surface area contributed by atoms with E-state index >= 15 is 0 Å². The van der Waals surface area contributed by atoms with Crippen LogP contribution in [0, 0.1) is 0 Å². The molecule has 3 aromatic rings. The Bertz CT molecular complexity index is 924. The van der Waals surface area contributed by atoms with Crippen LogP contribution in [0.15, 0.2) is 70.5 Å². The number of hydrogen-bond acceptors (Lipinski definition) is 3. The van der Waals surface area contributed by atoms with Gasteiger partial charge in [-0.25, -0.2) is 0 Å². The zero-order chi connectivity index (χ0) is 19.2. The molecule has 1 atom stereocenters. The van der Waals surface area contributed by atoms with Gasteiger partial charge in [0, 0.05) is 21.8 Å². The molecule has 0 saturated heterocycles. The lowest BCUT2D eigenvalue weighted by Crippen LogP contribution is -2.34. The second-order valence-corrected chi connectivity index (χ2v) is 8.08. The van der Waals surface area contributed by atoms with Gasteiger partial charge in [0.25, 0.3) is 11.8 Å². The third kappa shape index (κ3) is 5.52. The molecule has 0 aliphatic heterocycles. The molecule has 1 heterocycles. The molecule has 0 aliphatic carbocycles. The molecule has 4 nitrogen and oxygen atoms in total. The van der Waals surface area contributed by atoms with E-state index in [0.29, 0.717) is 16.1 Å². The Kier molecular flexibility index (Phi) is 6.42. The van der Waals surface area contributed by atoms with Crippen molar-refractivity contribution in [2.24, 2.45) is 0 Å². The number of rotatable bonds is 6. The van der Waals surface area contributed by atoms with Gasteiger partial charge in [-0.2, -0.15) is 0 Å². The predicted molar refractivity (Wildman–Crippen MR) is 113 cm³/mol. The van der Waals surface area contributed by atoms with E-state index in [2.05, 4.69) is 26.6 Å². The lowest BCUT2D eigenvalue weighted by molar-refractivity contribution is 0.0939. The fourth-order valence-electron chi connectivity index (χ4n) is 2.67. The summed E-state index contributed by atoms with van der Waals surface area (Å²) in [7, 11) is 0. The first-order valence-electron chi connectivity index (χ1n) is 8.51. The minimum absolute atomic E-state index is 0.0111. The van der Waals surface area contributed by atoms with Crippen molar-refractivity contribution in [1.29, 1.82) is 0 Å². The molecule has 0 saturated carbocycles. The Morgan fingerprint density at radius 1 is 1.04 bits per heavy atom. The van der Waals surface area contributed by atoms with Crippen LogP contribution < -0.4 is 10.6 Å². The first-order valence-corrected chi connectivity index (χ1v) is 10.2. The number of amides is 2. The van der Waals surface area contributed by atoms with Crippen molar-refractivity contribution in [3.05, 3.63) is 86.5 Å². The average Bonchev–Trinajstić information content (AvgIpc) is 3.19. The van der Waals surface area contributed by atoms with Gasteiger partial charge in [0.1, 0.15) is 0 Å². The van der Waals surface area contributed by atoms with Gasteiger partial charge in [-0.1, -0.05) is 40.2 Å². The first-order chi connectivity index (χ1) is 13.0. The van der Waals surface area contributed by atoms with Crippen molar-refractivity contribution < 1.29 is 9.59 Å². The minimum atomic E-state index is -0.175. The highest BCUT2D eigenvalue weighted by Gasteiger charge is 2.12. The molecule has 0 aliphatic rings. The molecule has 3 rings (SSSR count). The molecule has 6 heteroatoms. The Balaban J connectivity index is 1.61.